The lowest BCUT2D eigenvalue weighted by Gasteiger charge is -2.26. The van der Waals surface area contributed by atoms with Crippen molar-refractivity contribution in [2.24, 2.45) is 0 Å². The molecule has 1 aliphatic rings. The van der Waals surface area contributed by atoms with E-state index in [9.17, 15) is 23.1 Å². The van der Waals surface area contributed by atoms with E-state index in [1.54, 1.807) is 0 Å². The van der Waals surface area contributed by atoms with Gasteiger partial charge in [0, 0.05) is 6.54 Å². The number of likely N-dealkylation sites (tertiary alicyclic amines) is 1. The number of β-amino-alcohol motifs (C(OH)–C–C–N with tert-alkyl or cyclic N) is 1. The van der Waals surface area contributed by atoms with E-state index < -0.39 is 29.8 Å². The van der Waals surface area contributed by atoms with Crippen LogP contribution in [0, 0.1) is 0 Å². The second-order valence-electron chi connectivity index (χ2n) is 5.46. The molecule has 7 heteroatoms. The number of nitrogens with zero attached hydrogens (tertiary/aromatic N) is 1. The van der Waals surface area contributed by atoms with Gasteiger partial charge < -0.3 is 14.4 Å². The summed E-state index contributed by atoms with van der Waals surface area (Å²) >= 11 is 0. The molecule has 0 unspecified atom stereocenters. The standard InChI is InChI=1S/C16H14F3NO3/c17-16(18,19)13-4-2-1-3-12(13)14-7-11(21)8-20(14)15(22)10-5-6-23-9-10/h1-6,9,11,14,21H,7-8H2/t11-,14-/m1/s1. The first kappa shape index (κ1) is 15.6. The monoisotopic (exact) mass is 325 g/mol. The third kappa shape index (κ3) is 2.96. The molecular formula is C16H14F3NO3. The molecule has 122 valence electrons. The van der Waals surface area contributed by atoms with Gasteiger partial charge in [-0.25, -0.2) is 0 Å². The Morgan fingerprint density at radius 1 is 1.26 bits per heavy atom. The molecule has 23 heavy (non-hydrogen) atoms. The molecule has 1 aromatic heterocycles. The number of amides is 1. The minimum absolute atomic E-state index is 0.00612. The Morgan fingerprint density at radius 3 is 2.65 bits per heavy atom. The summed E-state index contributed by atoms with van der Waals surface area (Å²) in [7, 11) is 0. The summed E-state index contributed by atoms with van der Waals surface area (Å²) in [4.78, 5) is 13.7. The quantitative estimate of drug-likeness (QED) is 0.922. The molecule has 2 heterocycles. The Labute approximate surface area is 130 Å². The number of aliphatic hydroxyl groups excluding tert-OH is 1. The molecule has 2 aromatic rings. The van der Waals surface area contributed by atoms with Crippen LogP contribution in [0.15, 0.2) is 47.3 Å². The average molecular weight is 325 g/mol. The lowest BCUT2D eigenvalue weighted by Crippen LogP contribution is -2.32. The van der Waals surface area contributed by atoms with E-state index in [0.29, 0.717) is 0 Å². The van der Waals surface area contributed by atoms with Crippen molar-refractivity contribution in [1.29, 1.82) is 0 Å². The van der Waals surface area contributed by atoms with Crippen LogP contribution in [-0.2, 0) is 6.18 Å². The molecule has 0 spiro atoms. The second kappa shape index (κ2) is 5.73. The number of rotatable bonds is 2. The molecule has 2 atom stereocenters. The van der Waals surface area contributed by atoms with Crippen molar-refractivity contribution in [2.45, 2.75) is 24.7 Å². The molecular weight excluding hydrogens is 311 g/mol. The van der Waals surface area contributed by atoms with Crippen molar-refractivity contribution in [3.05, 3.63) is 59.5 Å². The predicted octanol–water partition coefficient (Wildman–Crippen LogP) is 3.25. The molecule has 1 saturated heterocycles. The van der Waals surface area contributed by atoms with Crippen molar-refractivity contribution < 1.29 is 27.5 Å². The van der Waals surface area contributed by atoms with E-state index >= 15 is 0 Å². The SMILES string of the molecule is O=C(c1ccoc1)N1C[C@H](O)C[C@@H]1c1ccccc1C(F)(F)F. The van der Waals surface area contributed by atoms with Gasteiger partial charge in [-0.15, -0.1) is 0 Å². The normalized spacial score (nSPS) is 21.7. The number of hydrogen-bond acceptors (Lipinski definition) is 3. The van der Waals surface area contributed by atoms with E-state index in [2.05, 4.69) is 0 Å². The highest BCUT2D eigenvalue weighted by molar-refractivity contribution is 5.94. The fourth-order valence-corrected chi connectivity index (χ4v) is 2.93. The Kier molecular flexibility index (Phi) is 3.89. The summed E-state index contributed by atoms with van der Waals surface area (Å²) in [5.74, 6) is -0.461. The van der Waals surface area contributed by atoms with Crippen LogP contribution in [0.4, 0.5) is 13.2 Å². The molecule has 1 amide bonds. The van der Waals surface area contributed by atoms with Crippen molar-refractivity contribution >= 4 is 5.91 Å². The number of benzene rings is 1. The minimum atomic E-state index is -4.52. The zero-order valence-electron chi connectivity index (χ0n) is 12.0. The highest BCUT2D eigenvalue weighted by Crippen LogP contribution is 2.40. The molecule has 0 saturated carbocycles. The second-order valence-corrected chi connectivity index (χ2v) is 5.46. The maximum absolute atomic E-state index is 13.2. The number of carbonyl (C=O) groups excluding carboxylic acids is 1. The van der Waals surface area contributed by atoms with E-state index in [1.807, 2.05) is 0 Å². The number of halogens is 3. The molecule has 1 fully saturated rings. The zero-order chi connectivity index (χ0) is 16.6. The first-order chi connectivity index (χ1) is 10.9. The lowest BCUT2D eigenvalue weighted by atomic mass is 9.97. The van der Waals surface area contributed by atoms with Crippen LogP contribution in [0.2, 0.25) is 0 Å². The molecule has 1 aliphatic heterocycles. The summed E-state index contributed by atoms with van der Waals surface area (Å²) in [6.45, 7) is -0.0130. The highest BCUT2D eigenvalue weighted by Gasteiger charge is 2.41. The number of aliphatic hydroxyl groups is 1. The highest BCUT2D eigenvalue weighted by atomic mass is 19.4. The van der Waals surface area contributed by atoms with Gasteiger partial charge in [0.15, 0.2) is 0 Å². The first-order valence-corrected chi connectivity index (χ1v) is 7.05. The van der Waals surface area contributed by atoms with Crippen molar-refractivity contribution in [2.75, 3.05) is 6.54 Å². The fraction of sp³-hybridized carbons (Fsp3) is 0.312. The summed E-state index contributed by atoms with van der Waals surface area (Å²) in [6, 6.07) is 5.75. The van der Waals surface area contributed by atoms with Crippen molar-refractivity contribution in [1.82, 2.24) is 4.90 Å². The van der Waals surface area contributed by atoms with Gasteiger partial charge in [-0.1, -0.05) is 18.2 Å². The number of alkyl halides is 3. The van der Waals surface area contributed by atoms with Crippen LogP contribution in [0.25, 0.3) is 0 Å². The number of hydrogen-bond donors (Lipinski definition) is 1. The maximum atomic E-state index is 13.2. The minimum Gasteiger partial charge on any atom is -0.472 e. The van der Waals surface area contributed by atoms with E-state index in [1.165, 1.54) is 41.7 Å². The first-order valence-electron chi connectivity index (χ1n) is 7.05. The summed E-state index contributed by atoms with van der Waals surface area (Å²) in [5.41, 5.74) is -0.550. The molecule has 0 aliphatic carbocycles. The van der Waals surface area contributed by atoms with Crippen molar-refractivity contribution in [3.63, 3.8) is 0 Å². The average Bonchev–Trinajstić information content (AvgIpc) is 3.15. The van der Waals surface area contributed by atoms with Gasteiger partial charge >= 0.3 is 6.18 Å². The third-order valence-corrected chi connectivity index (χ3v) is 3.93. The molecule has 0 radical (unpaired) electrons. The van der Waals surface area contributed by atoms with E-state index in [-0.39, 0.29) is 24.1 Å². The van der Waals surface area contributed by atoms with Gasteiger partial charge in [-0.2, -0.15) is 13.2 Å². The van der Waals surface area contributed by atoms with Crippen LogP contribution in [0.1, 0.15) is 33.9 Å². The zero-order valence-corrected chi connectivity index (χ0v) is 12.0. The maximum Gasteiger partial charge on any atom is 0.416 e. The van der Waals surface area contributed by atoms with Crippen LogP contribution in [0.3, 0.4) is 0 Å². The van der Waals surface area contributed by atoms with Crippen LogP contribution in [0.5, 0.6) is 0 Å². The Balaban J connectivity index is 2.00. The Morgan fingerprint density at radius 2 is 2.00 bits per heavy atom. The lowest BCUT2D eigenvalue weighted by molar-refractivity contribution is -0.138. The van der Waals surface area contributed by atoms with Gasteiger partial charge in [0.25, 0.3) is 5.91 Å². The smallest absolute Gasteiger partial charge is 0.416 e. The summed E-state index contributed by atoms with van der Waals surface area (Å²) < 4.78 is 44.5. The van der Waals surface area contributed by atoms with Crippen LogP contribution >= 0.6 is 0 Å². The molecule has 1 N–H and O–H groups in total. The predicted molar refractivity (Wildman–Crippen MR) is 74.6 cm³/mol. The van der Waals surface area contributed by atoms with Crippen LogP contribution < -0.4 is 0 Å². The summed E-state index contributed by atoms with van der Waals surface area (Å²) in [6.07, 6.45) is -2.76. The Hall–Kier alpha value is -2.28. The van der Waals surface area contributed by atoms with Gasteiger partial charge in [0.1, 0.15) is 6.26 Å². The van der Waals surface area contributed by atoms with Gasteiger partial charge in [0.2, 0.25) is 0 Å². The molecule has 1 aromatic carbocycles. The van der Waals surface area contributed by atoms with Gasteiger partial charge in [0.05, 0.1) is 29.5 Å². The van der Waals surface area contributed by atoms with Crippen LogP contribution in [-0.4, -0.2) is 28.6 Å². The molecule has 4 nitrogen and oxygen atoms in total. The third-order valence-electron chi connectivity index (χ3n) is 3.93. The number of furan rings is 1. The molecule has 0 bridgehead atoms. The summed E-state index contributed by atoms with van der Waals surface area (Å²) in [5, 5.41) is 9.87. The molecule has 3 rings (SSSR count). The Bertz CT molecular complexity index is 697. The topological polar surface area (TPSA) is 53.7 Å². The van der Waals surface area contributed by atoms with Gasteiger partial charge in [-0.05, 0) is 24.1 Å². The largest absolute Gasteiger partial charge is 0.472 e. The van der Waals surface area contributed by atoms with E-state index in [4.69, 9.17) is 4.42 Å². The fourth-order valence-electron chi connectivity index (χ4n) is 2.93. The van der Waals surface area contributed by atoms with Gasteiger partial charge in [-0.3, -0.25) is 4.79 Å². The van der Waals surface area contributed by atoms with E-state index in [0.717, 1.165) is 6.07 Å². The number of carbonyl (C=O) groups is 1. The van der Waals surface area contributed by atoms with Crippen molar-refractivity contribution in [3.8, 4) is 0 Å².